The molecule has 0 spiro atoms. The highest BCUT2D eigenvalue weighted by atomic mass is 35.5. The van der Waals surface area contributed by atoms with Gasteiger partial charge in [0.05, 0.1) is 0 Å². The van der Waals surface area contributed by atoms with Gasteiger partial charge in [-0.05, 0) is 48.2 Å². The van der Waals surface area contributed by atoms with Crippen LogP contribution in [0.4, 0.5) is 0 Å². The number of benzene rings is 2. The zero-order valence-electron chi connectivity index (χ0n) is 8.33. The Labute approximate surface area is 95.5 Å². The third-order valence-electron chi connectivity index (χ3n) is 2.27. The molecule has 1 aromatic carbocycles. The van der Waals surface area contributed by atoms with Crippen molar-refractivity contribution < 1.29 is 0 Å². The van der Waals surface area contributed by atoms with Gasteiger partial charge in [0.2, 0.25) is 0 Å². The second-order valence-electron chi connectivity index (χ2n) is 3.47. The van der Waals surface area contributed by atoms with Gasteiger partial charge in [0, 0.05) is 5.02 Å². The first kappa shape index (κ1) is 10.3. The van der Waals surface area contributed by atoms with Crippen molar-refractivity contribution in [2.24, 2.45) is 0 Å². The molecule has 0 atom stereocenters. The fourth-order valence-electron chi connectivity index (χ4n) is 1.33. The molecular formula is C14H11Cl. The van der Waals surface area contributed by atoms with Crippen LogP contribution in [0.5, 0.6) is 0 Å². The van der Waals surface area contributed by atoms with E-state index in [1.165, 1.54) is 11.1 Å². The zero-order valence-corrected chi connectivity index (χ0v) is 9.09. The molecule has 0 heterocycles. The van der Waals surface area contributed by atoms with Gasteiger partial charge >= 0.3 is 0 Å². The summed E-state index contributed by atoms with van der Waals surface area (Å²) in [6, 6.07) is 13.9. The average molecular weight is 215 g/mol. The third kappa shape index (κ3) is 2.40. The predicted octanol–water partition coefficient (Wildman–Crippen LogP) is 4.37. The monoisotopic (exact) mass is 214 g/mol. The Hall–Kier alpha value is -1.27. The van der Waals surface area contributed by atoms with Crippen LogP contribution in [0.2, 0.25) is 5.02 Å². The quantitative estimate of drug-likeness (QED) is 0.521. The number of rotatable bonds is 0. The summed E-state index contributed by atoms with van der Waals surface area (Å²) in [6.45, 7) is 7.49. The molecule has 0 nitrogen and oxygen atoms in total. The Balaban J connectivity index is 0.000000115. The second-order valence-corrected chi connectivity index (χ2v) is 3.88. The lowest BCUT2D eigenvalue weighted by Crippen LogP contribution is -1.62. The van der Waals surface area contributed by atoms with E-state index in [4.69, 9.17) is 11.6 Å². The number of halogens is 1. The minimum absolute atomic E-state index is 0.803. The van der Waals surface area contributed by atoms with Crippen LogP contribution in [-0.4, -0.2) is 0 Å². The van der Waals surface area contributed by atoms with Gasteiger partial charge in [-0.15, -0.1) is 0 Å². The average Bonchev–Trinajstić information content (AvgIpc) is 2.92. The van der Waals surface area contributed by atoms with Gasteiger partial charge < -0.3 is 0 Å². The number of hydrogen-bond acceptors (Lipinski definition) is 0. The Morgan fingerprint density at radius 2 is 1.60 bits per heavy atom. The van der Waals surface area contributed by atoms with E-state index in [0.29, 0.717) is 0 Å². The first-order valence-electron chi connectivity index (χ1n) is 4.71. The minimum Gasteiger partial charge on any atom is -0.0840 e. The smallest absolute Gasteiger partial charge is 0.0450 e. The van der Waals surface area contributed by atoms with E-state index in [2.05, 4.69) is 19.9 Å². The van der Waals surface area contributed by atoms with Crippen molar-refractivity contribution in [1.29, 1.82) is 0 Å². The molecule has 0 fully saturated rings. The van der Waals surface area contributed by atoms with Gasteiger partial charge in [-0.25, -0.2) is 0 Å². The van der Waals surface area contributed by atoms with Crippen LogP contribution in [0, 0.1) is 13.8 Å². The molecule has 0 saturated carbocycles. The van der Waals surface area contributed by atoms with Gasteiger partial charge in [-0.2, -0.15) is 0 Å². The van der Waals surface area contributed by atoms with Crippen LogP contribution >= 0.6 is 11.6 Å². The van der Waals surface area contributed by atoms with E-state index in [0.717, 1.165) is 16.1 Å². The first-order valence-corrected chi connectivity index (χ1v) is 5.09. The summed E-state index contributed by atoms with van der Waals surface area (Å²) in [7, 11) is 0. The molecule has 0 N–H and O–H groups in total. The topological polar surface area (TPSA) is 0 Å². The molecule has 74 valence electrons. The minimum atomic E-state index is 0.803. The van der Waals surface area contributed by atoms with Crippen molar-refractivity contribution in [3.05, 3.63) is 72.5 Å². The van der Waals surface area contributed by atoms with Gasteiger partial charge in [-0.3, -0.25) is 0 Å². The van der Waals surface area contributed by atoms with Gasteiger partial charge in [0.15, 0.2) is 0 Å². The van der Waals surface area contributed by atoms with Crippen molar-refractivity contribution in [3.8, 4) is 11.1 Å². The molecule has 0 unspecified atom stereocenters. The normalized spacial score (nSPS) is 10.3. The summed E-state index contributed by atoms with van der Waals surface area (Å²) < 4.78 is 0. The molecule has 0 aromatic heterocycles. The summed E-state index contributed by atoms with van der Waals surface area (Å²) in [5, 5.41) is 0.803. The Morgan fingerprint density at radius 1 is 0.933 bits per heavy atom. The summed E-state index contributed by atoms with van der Waals surface area (Å²) in [5.74, 6) is 0. The van der Waals surface area contributed by atoms with Crippen molar-refractivity contribution in [2.45, 2.75) is 0 Å². The van der Waals surface area contributed by atoms with E-state index in [1.807, 2.05) is 36.4 Å². The largest absolute Gasteiger partial charge is 0.0840 e. The molecule has 0 saturated heterocycles. The third-order valence-corrected chi connectivity index (χ3v) is 2.60. The van der Waals surface area contributed by atoms with Crippen LogP contribution in [0.25, 0.3) is 11.1 Å². The lowest BCUT2D eigenvalue weighted by Gasteiger charge is -1.82. The maximum absolute atomic E-state index is 5.69. The van der Waals surface area contributed by atoms with Crippen LogP contribution in [0.15, 0.2) is 42.5 Å². The fourth-order valence-corrected chi connectivity index (χ4v) is 1.55. The molecule has 2 aliphatic rings. The molecule has 1 aromatic rings. The number of fused-ring (bicyclic) bond motifs is 1. The Kier molecular flexibility index (Phi) is 2.79. The Morgan fingerprint density at radius 3 is 1.87 bits per heavy atom. The van der Waals surface area contributed by atoms with E-state index in [1.54, 1.807) is 0 Å². The highest BCUT2D eigenvalue weighted by Gasteiger charge is 2.17. The number of hydrogen-bond donors (Lipinski definition) is 0. The summed E-state index contributed by atoms with van der Waals surface area (Å²) in [6.07, 6.45) is 0. The van der Waals surface area contributed by atoms with Gasteiger partial charge in [-0.1, -0.05) is 41.9 Å². The molecule has 15 heavy (non-hydrogen) atoms. The van der Waals surface area contributed by atoms with Crippen molar-refractivity contribution in [2.75, 3.05) is 0 Å². The molecule has 0 aliphatic heterocycles. The van der Waals surface area contributed by atoms with Crippen LogP contribution in [-0.2, 0) is 0 Å². The van der Waals surface area contributed by atoms with Crippen LogP contribution in [0.3, 0.4) is 0 Å². The van der Waals surface area contributed by atoms with E-state index in [9.17, 15) is 0 Å². The highest BCUT2D eigenvalue weighted by Crippen LogP contribution is 2.42. The molecule has 3 rings (SSSR count). The predicted molar refractivity (Wildman–Crippen MR) is 65.8 cm³/mol. The maximum Gasteiger partial charge on any atom is 0.0450 e. The summed E-state index contributed by atoms with van der Waals surface area (Å²) in [5.41, 5.74) is 4.57. The molecule has 0 bridgehead atoms. The van der Waals surface area contributed by atoms with E-state index in [-0.39, 0.29) is 0 Å². The SMILES string of the molecule is [CH2]c1c(Cl)cc2cc1-2.[CH2]c1ccccc1. The zero-order chi connectivity index (χ0) is 10.8. The molecule has 0 amide bonds. The summed E-state index contributed by atoms with van der Waals surface area (Å²) in [4.78, 5) is 0. The van der Waals surface area contributed by atoms with Gasteiger partial charge in [0.25, 0.3) is 0 Å². The molecule has 1 heteroatoms. The van der Waals surface area contributed by atoms with E-state index < -0.39 is 0 Å². The fraction of sp³-hybridized carbons (Fsp3) is 0. The van der Waals surface area contributed by atoms with Crippen LogP contribution < -0.4 is 0 Å². The van der Waals surface area contributed by atoms with Gasteiger partial charge in [0.1, 0.15) is 0 Å². The highest BCUT2D eigenvalue weighted by molar-refractivity contribution is 6.33. The Bertz CT molecular complexity index is 472. The molecule has 2 aliphatic carbocycles. The van der Waals surface area contributed by atoms with Crippen molar-refractivity contribution in [1.82, 2.24) is 0 Å². The second kappa shape index (κ2) is 4.08. The summed E-state index contributed by atoms with van der Waals surface area (Å²) >= 11 is 5.69. The standard InChI is InChI=1S/C7H4Cl.C7H7/c1-4-6-2-5(6)3-7(4)8;1-7-5-3-2-4-6-7/h2-3H,1H2;2-6H,1H2. The lowest BCUT2D eigenvalue weighted by molar-refractivity contribution is 1.62. The lowest BCUT2D eigenvalue weighted by atomic mass is 10.2. The molecule has 2 radical (unpaired) electrons. The first-order chi connectivity index (χ1) is 7.18. The van der Waals surface area contributed by atoms with Crippen molar-refractivity contribution >= 4 is 11.6 Å². The molecular weight excluding hydrogens is 204 g/mol. The van der Waals surface area contributed by atoms with Crippen LogP contribution in [0.1, 0.15) is 11.1 Å². The van der Waals surface area contributed by atoms with E-state index >= 15 is 0 Å². The van der Waals surface area contributed by atoms with Crippen molar-refractivity contribution in [3.63, 3.8) is 0 Å². The maximum atomic E-state index is 5.69.